The Balaban J connectivity index is 2.68. The largest absolute Gasteiger partial charge is 0.496 e. The van der Waals surface area contributed by atoms with E-state index in [1.165, 1.54) is 0 Å². The van der Waals surface area contributed by atoms with Gasteiger partial charge in [-0.1, -0.05) is 0 Å². The molecule has 2 N–H and O–H groups in total. The van der Waals surface area contributed by atoms with Gasteiger partial charge in [-0.15, -0.1) is 0 Å². The molecule has 1 aromatic carbocycles. The summed E-state index contributed by atoms with van der Waals surface area (Å²) in [7, 11) is 1.57. The number of aliphatic hydroxyl groups excluding tert-OH is 1. The van der Waals surface area contributed by atoms with Gasteiger partial charge >= 0.3 is 0 Å². The number of fused-ring (bicyclic) bond motifs is 1. The van der Waals surface area contributed by atoms with E-state index in [2.05, 4.69) is 25.9 Å². The minimum atomic E-state index is -0.0459. The highest BCUT2D eigenvalue weighted by atomic mass is 79.9. The number of halogens is 1. The molecule has 0 bridgehead atoms. The van der Waals surface area contributed by atoms with E-state index in [0.29, 0.717) is 10.5 Å². The molecule has 0 fully saturated rings. The number of aromatic nitrogens is 2. The Morgan fingerprint density at radius 2 is 2.36 bits per heavy atom. The number of methoxy groups -OCH3 is 1. The van der Waals surface area contributed by atoms with Gasteiger partial charge in [0.1, 0.15) is 5.75 Å². The second-order valence-electron chi connectivity index (χ2n) is 2.87. The van der Waals surface area contributed by atoms with Crippen LogP contribution in [0.3, 0.4) is 0 Å². The lowest BCUT2D eigenvalue weighted by Gasteiger charge is -2.04. The summed E-state index contributed by atoms with van der Waals surface area (Å²) in [5.41, 5.74) is 2.43. The van der Waals surface area contributed by atoms with Gasteiger partial charge in [0.15, 0.2) is 4.73 Å². The van der Waals surface area contributed by atoms with Crippen molar-refractivity contribution >= 4 is 27.0 Å². The molecule has 14 heavy (non-hydrogen) atoms. The Hall–Kier alpha value is -1.07. The molecule has 0 aliphatic carbocycles. The fourth-order valence-corrected chi connectivity index (χ4v) is 1.77. The predicted molar refractivity (Wildman–Crippen MR) is 56.3 cm³/mol. The Bertz CT molecular complexity index is 426. The van der Waals surface area contributed by atoms with Crippen LogP contribution in [-0.2, 0) is 6.61 Å². The molecule has 0 aliphatic heterocycles. The van der Waals surface area contributed by atoms with Crippen molar-refractivity contribution in [3.8, 4) is 5.75 Å². The van der Waals surface area contributed by atoms with Gasteiger partial charge in [-0.2, -0.15) is 0 Å². The van der Waals surface area contributed by atoms with Crippen LogP contribution in [0.2, 0.25) is 0 Å². The molecule has 4 nitrogen and oxygen atoms in total. The number of benzene rings is 1. The van der Waals surface area contributed by atoms with Crippen LogP contribution in [0.5, 0.6) is 5.75 Å². The molecule has 74 valence electrons. The van der Waals surface area contributed by atoms with Crippen LogP contribution in [0.25, 0.3) is 11.0 Å². The molecule has 0 unspecified atom stereocenters. The van der Waals surface area contributed by atoms with Gasteiger partial charge in [0, 0.05) is 11.6 Å². The van der Waals surface area contributed by atoms with Gasteiger partial charge in [0.2, 0.25) is 0 Å². The van der Waals surface area contributed by atoms with E-state index in [0.717, 1.165) is 16.6 Å². The predicted octanol–water partition coefficient (Wildman–Crippen LogP) is 1.83. The maximum atomic E-state index is 9.09. The molecule has 0 radical (unpaired) electrons. The molecule has 1 heterocycles. The van der Waals surface area contributed by atoms with Crippen LogP contribution in [0.4, 0.5) is 0 Å². The molecule has 2 rings (SSSR count). The number of rotatable bonds is 2. The van der Waals surface area contributed by atoms with E-state index >= 15 is 0 Å². The number of nitrogens with one attached hydrogen (secondary N) is 1. The topological polar surface area (TPSA) is 58.1 Å². The van der Waals surface area contributed by atoms with Crippen molar-refractivity contribution in [1.29, 1.82) is 0 Å². The Kier molecular flexibility index (Phi) is 2.43. The van der Waals surface area contributed by atoms with E-state index < -0.39 is 0 Å². The minimum absolute atomic E-state index is 0.0459. The smallest absolute Gasteiger partial charge is 0.175 e. The third-order valence-corrected chi connectivity index (χ3v) is 2.40. The van der Waals surface area contributed by atoms with Crippen molar-refractivity contribution in [2.45, 2.75) is 6.61 Å². The summed E-state index contributed by atoms with van der Waals surface area (Å²) in [5.74, 6) is 0.652. The molecule has 5 heteroatoms. The monoisotopic (exact) mass is 256 g/mol. The third kappa shape index (κ3) is 1.49. The molecule has 0 spiro atoms. The van der Waals surface area contributed by atoms with Gasteiger partial charge in [0.25, 0.3) is 0 Å². The quantitative estimate of drug-likeness (QED) is 0.862. The van der Waals surface area contributed by atoms with Crippen molar-refractivity contribution in [2.75, 3.05) is 7.11 Å². The first kappa shape index (κ1) is 9.48. The molecule has 0 saturated heterocycles. The number of ether oxygens (including phenoxy) is 1. The first-order valence-corrected chi connectivity index (χ1v) is 4.87. The average molecular weight is 257 g/mol. The lowest BCUT2D eigenvalue weighted by atomic mass is 10.2. The van der Waals surface area contributed by atoms with Gasteiger partial charge in [-0.25, -0.2) is 4.98 Å². The molecule has 1 aromatic heterocycles. The number of imidazole rings is 1. The lowest BCUT2D eigenvalue weighted by Crippen LogP contribution is -1.91. The molecular weight excluding hydrogens is 248 g/mol. The Morgan fingerprint density at radius 1 is 1.57 bits per heavy atom. The molecular formula is C9H9BrN2O2. The molecule has 0 atom stereocenters. The Morgan fingerprint density at radius 3 is 3.00 bits per heavy atom. The summed E-state index contributed by atoms with van der Waals surface area (Å²) in [6.45, 7) is -0.0459. The zero-order valence-corrected chi connectivity index (χ0v) is 9.13. The highest BCUT2D eigenvalue weighted by Gasteiger charge is 2.07. The van der Waals surface area contributed by atoms with Gasteiger partial charge in [0.05, 0.1) is 24.8 Å². The van der Waals surface area contributed by atoms with Crippen molar-refractivity contribution in [3.63, 3.8) is 0 Å². The summed E-state index contributed by atoms with van der Waals surface area (Å²) >= 11 is 3.25. The maximum Gasteiger partial charge on any atom is 0.175 e. The summed E-state index contributed by atoms with van der Waals surface area (Å²) in [6, 6.07) is 3.62. The minimum Gasteiger partial charge on any atom is -0.496 e. The van der Waals surface area contributed by atoms with E-state index in [1.54, 1.807) is 13.2 Å². The lowest BCUT2D eigenvalue weighted by molar-refractivity contribution is 0.274. The van der Waals surface area contributed by atoms with Crippen molar-refractivity contribution in [3.05, 3.63) is 22.4 Å². The first-order chi connectivity index (χ1) is 6.74. The first-order valence-electron chi connectivity index (χ1n) is 4.07. The van der Waals surface area contributed by atoms with Gasteiger partial charge in [-0.3, -0.25) is 0 Å². The van der Waals surface area contributed by atoms with E-state index in [4.69, 9.17) is 9.84 Å². The number of H-pyrrole nitrogens is 1. The van der Waals surface area contributed by atoms with Crippen molar-refractivity contribution < 1.29 is 9.84 Å². The van der Waals surface area contributed by atoms with Crippen LogP contribution in [0, 0.1) is 0 Å². The van der Waals surface area contributed by atoms with Crippen molar-refractivity contribution in [2.24, 2.45) is 0 Å². The second kappa shape index (κ2) is 3.59. The summed E-state index contributed by atoms with van der Waals surface area (Å²) in [5, 5.41) is 9.09. The van der Waals surface area contributed by atoms with Crippen molar-refractivity contribution in [1.82, 2.24) is 9.97 Å². The summed E-state index contributed by atoms with van der Waals surface area (Å²) in [6.07, 6.45) is 0. The number of nitrogens with zero attached hydrogens (tertiary/aromatic N) is 1. The van der Waals surface area contributed by atoms with Crippen LogP contribution in [0.15, 0.2) is 16.9 Å². The molecule has 0 saturated carbocycles. The highest BCUT2D eigenvalue weighted by Crippen LogP contribution is 2.25. The fourth-order valence-electron chi connectivity index (χ4n) is 1.36. The normalized spacial score (nSPS) is 10.8. The molecule has 2 aromatic rings. The summed E-state index contributed by atoms with van der Waals surface area (Å²) in [4.78, 5) is 7.22. The van der Waals surface area contributed by atoms with Gasteiger partial charge in [-0.05, 0) is 22.0 Å². The standard InChI is InChI=1S/C9H9BrN2O2/c1-14-8-3-7-6(2-5(8)4-13)11-9(10)12-7/h2-3,13H,4H2,1H3,(H,11,12). The number of aliphatic hydroxyl groups is 1. The van der Waals surface area contributed by atoms with Crippen LogP contribution in [0.1, 0.15) is 5.56 Å². The van der Waals surface area contributed by atoms with Gasteiger partial charge < -0.3 is 14.8 Å². The number of aromatic amines is 1. The zero-order chi connectivity index (χ0) is 10.1. The summed E-state index contributed by atoms with van der Waals surface area (Å²) < 4.78 is 5.80. The highest BCUT2D eigenvalue weighted by molar-refractivity contribution is 9.10. The number of hydrogen-bond donors (Lipinski definition) is 2. The van der Waals surface area contributed by atoms with E-state index in [9.17, 15) is 0 Å². The average Bonchev–Trinajstić information content (AvgIpc) is 2.54. The van der Waals surface area contributed by atoms with E-state index in [-0.39, 0.29) is 6.61 Å². The van der Waals surface area contributed by atoms with E-state index in [1.807, 2.05) is 6.07 Å². The fraction of sp³-hybridized carbons (Fsp3) is 0.222. The SMILES string of the molecule is COc1cc2nc(Br)[nH]c2cc1CO. The van der Waals surface area contributed by atoms with Crippen LogP contribution < -0.4 is 4.74 Å². The van der Waals surface area contributed by atoms with Crippen LogP contribution >= 0.6 is 15.9 Å². The Labute approximate surface area is 89.0 Å². The number of hydrogen-bond acceptors (Lipinski definition) is 3. The molecule has 0 amide bonds. The molecule has 0 aliphatic rings. The van der Waals surface area contributed by atoms with Crippen LogP contribution in [-0.4, -0.2) is 22.2 Å². The zero-order valence-electron chi connectivity index (χ0n) is 7.54. The third-order valence-electron chi connectivity index (χ3n) is 2.03. The maximum absolute atomic E-state index is 9.09. The second-order valence-corrected chi connectivity index (χ2v) is 3.62.